The largest absolute Gasteiger partial charge is 0.388 e. The first kappa shape index (κ1) is 16.4. The monoisotopic (exact) mass is 271 g/mol. The normalized spacial score (nSPS) is 21.4. The minimum Gasteiger partial charge on any atom is -0.388 e. The van der Waals surface area contributed by atoms with E-state index in [0.29, 0.717) is 19.1 Å². The third-order valence-corrected chi connectivity index (χ3v) is 3.54. The fourth-order valence-electron chi connectivity index (χ4n) is 2.60. The molecule has 0 aromatic heterocycles. The summed E-state index contributed by atoms with van der Waals surface area (Å²) in [5.41, 5.74) is -0.828. The molecule has 19 heavy (non-hydrogen) atoms. The van der Waals surface area contributed by atoms with E-state index in [9.17, 15) is 9.90 Å². The summed E-state index contributed by atoms with van der Waals surface area (Å²) < 4.78 is 0. The number of amides is 1. The van der Waals surface area contributed by atoms with E-state index in [0.717, 1.165) is 12.8 Å². The lowest BCUT2D eigenvalue weighted by molar-refractivity contribution is -0.123. The maximum absolute atomic E-state index is 12.0. The molecule has 0 radical (unpaired) electrons. The molecule has 0 aliphatic heterocycles. The van der Waals surface area contributed by atoms with Crippen LogP contribution in [-0.2, 0) is 4.79 Å². The van der Waals surface area contributed by atoms with Crippen LogP contribution in [0.3, 0.4) is 0 Å². The van der Waals surface area contributed by atoms with E-state index in [1.165, 1.54) is 12.8 Å². The van der Waals surface area contributed by atoms with Gasteiger partial charge in [-0.1, -0.05) is 12.8 Å². The molecular weight excluding hydrogens is 242 g/mol. The molecule has 1 rings (SSSR count). The Kier molecular flexibility index (Phi) is 6.23. The van der Waals surface area contributed by atoms with Gasteiger partial charge in [-0.3, -0.25) is 4.79 Å². The average Bonchev–Trinajstić information content (AvgIpc) is 2.76. The number of nitrogens with one attached hydrogen (secondary N) is 2. The predicted octanol–water partition coefficient (Wildman–Crippen LogP) is 0.336. The average molecular weight is 271 g/mol. The molecule has 2 atom stereocenters. The van der Waals surface area contributed by atoms with Gasteiger partial charge in [-0.25, -0.2) is 0 Å². The molecule has 0 spiro atoms. The van der Waals surface area contributed by atoms with Crippen LogP contribution in [0.2, 0.25) is 0 Å². The Morgan fingerprint density at radius 3 is 2.53 bits per heavy atom. The quantitative estimate of drug-likeness (QED) is 0.625. The van der Waals surface area contributed by atoms with Gasteiger partial charge in [0.25, 0.3) is 0 Å². The number of carbonyl (C=O) groups is 1. The summed E-state index contributed by atoms with van der Waals surface area (Å²) >= 11 is 0. The van der Waals surface area contributed by atoms with E-state index in [4.69, 9.17) is 0 Å². The van der Waals surface area contributed by atoms with E-state index in [-0.39, 0.29) is 11.9 Å². The molecule has 0 aromatic rings. The molecule has 5 nitrogen and oxygen atoms in total. The van der Waals surface area contributed by atoms with Crippen LogP contribution in [0.1, 0.15) is 39.5 Å². The second kappa shape index (κ2) is 7.22. The Morgan fingerprint density at radius 1 is 1.42 bits per heavy atom. The van der Waals surface area contributed by atoms with Crippen LogP contribution in [0.5, 0.6) is 0 Å². The molecule has 2 unspecified atom stereocenters. The molecule has 0 saturated heterocycles. The first-order valence-electron chi connectivity index (χ1n) is 7.21. The topological polar surface area (TPSA) is 64.6 Å². The first-order valence-corrected chi connectivity index (χ1v) is 7.21. The molecule has 112 valence electrons. The van der Waals surface area contributed by atoms with Crippen molar-refractivity contribution in [1.29, 1.82) is 0 Å². The third kappa shape index (κ3) is 6.36. The Morgan fingerprint density at radius 2 is 2.00 bits per heavy atom. The van der Waals surface area contributed by atoms with Crippen molar-refractivity contribution < 1.29 is 9.90 Å². The van der Waals surface area contributed by atoms with Gasteiger partial charge in [-0.05, 0) is 40.8 Å². The standard InChI is InChI=1S/C14H29N3O2/c1-11(13(18)16-12-7-5-6-8-12)15-9-14(2,19)10-17(3)4/h11-12,15,19H,5-10H2,1-4H3,(H,16,18). The maximum Gasteiger partial charge on any atom is 0.237 e. The minimum atomic E-state index is -0.828. The van der Waals surface area contributed by atoms with Crippen LogP contribution in [0, 0.1) is 0 Å². The summed E-state index contributed by atoms with van der Waals surface area (Å²) in [5.74, 6) is 0.0348. The lowest BCUT2D eigenvalue weighted by Crippen LogP contribution is -2.52. The summed E-state index contributed by atoms with van der Waals surface area (Å²) in [7, 11) is 3.84. The lowest BCUT2D eigenvalue weighted by Gasteiger charge is -2.28. The Bertz CT molecular complexity index is 286. The highest BCUT2D eigenvalue weighted by Crippen LogP contribution is 2.17. The van der Waals surface area contributed by atoms with Crippen molar-refractivity contribution in [3.63, 3.8) is 0 Å². The van der Waals surface area contributed by atoms with Crippen LogP contribution < -0.4 is 10.6 Å². The van der Waals surface area contributed by atoms with Crippen LogP contribution in [-0.4, -0.2) is 60.8 Å². The number of rotatable bonds is 7. The molecule has 0 aromatic carbocycles. The highest BCUT2D eigenvalue weighted by Gasteiger charge is 2.25. The van der Waals surface area contributed by atoms with Gasteiger partial charge in [-0.2, -0.15) is 0 Å². The second-order valence-electron chi connectivity index (χ2n) is 6.33. The smallest absolute Gasteiger partial charge is 0.237 e. The molecule has 1 saturated carbocycles. The van der Waals surface area contributed by atoms with E-state index in [2.05, 4.69) is 10.6 Å². The summed E-state index contributed by atoms with van der Waals surface area (Å²) in [6, 6.07) is 0.0771. The van der Waals surface area contributed by atoms with Gasteiger partial charge < -0.3 is 20.6 Å². The minimum absolute atomic E-state index is 0.0348. The Balaban J connectivity index is 2.29. The maximum atomic E-state index is 12.0. The Hall–Kier alpha value is -0.650. The molecule has 1 aliphatic carbocycles. The van der Waals surface area contributed by atoms with E-state index >= 15 is 0 Å². The lowest BCUT2D eigenvalue weighted by atomic mass is 10.1. The van der Waals surface area contributed by atoms with Crippen LogP contribution >= 0.6 is 0 Å². The van der Waals surface area contributed by atoms with Crippen molar-refractivity contribution >= 4 is 5.91 Å². The molecule has 1 fully saturated rings. The van der Waals surface area contributed by atoms with Gasteiger partial charge in [0.2, 0.25) is 5.91 Å². The first-order chi connectivity index (χ1) is 8.80. The van der Waals surface area contributed by atoms with E-state index < -0.39 is 5.60 Å². The Labute approximate surface area is 116 Å². The third-order valence-electron chi connectivity index (χ3n) is 3.54. The van der Waals surface area contributed by atoms with Crippen molar-refractivity contribution in [3.8, 4) is 0 Å². The number of nitrogens with zero attached hydrogens (tertiary/aromatic N) is 1. The number of hydrogen-bond acceptors (Lipinski definition) is 4. The van der Waals surface area contributed by atoms with Gasteiger partial charge in [0, 0.05) is 19.1 Å². The van der Waals surface area contributed by atoms with Crippen molar-refractivity contribution in [2.75, 3.05) is 27.2 Å². The SMILES string of the molecule is CC(NCC(C)(O)CN(C)C)C(=O)NC1CCCC1. The van der Waals surface area contributed by atoms with Crippen LogP contribution in [0.25, 0.3) is 0 Å². The zero-order valence-electron chi connectivity index (χ0n) is 12.7. The summed E-state index contributed by atoms with van der Waals surface area (Å²) in [5, 5.41) is 16.3. The van der Waals surface area contributed by atoms with Crippen molar-refractivity contribution in [1.82, 2.24) is 15.5 Å². The van der Waals surface area contributed by atoms with E-state index in [1.54, 1.807) is 6.92 Å². The van der Waals surface area contributed by atoms with Crippen LogP contribution in [0.4, 0.5) is 0 Å². The second-order valence-corrected chi connectivity index (χ2v) is 6.33. The molecule has 1 aliphatic rings. The van der Waals surface area contributed by atoms with Crippen molar-refractivity contribution in [3.05, 3.63) is 0 Å². The van der Waals surface area contributed by atoms with Crippen molar-refractivity contribution in [2.45, 2.75) is 57.2 Å². The highest BCUT2D eigenvalue weighted by molar-refractivity contribution is 5.81. The number of likely N-dealkylation sites (N-methyl/N-ethyl adjacent to an activating group) is 1. The number of carbonyl (C=O) groups excluding carboxylic acids is 1. The van der Waals surface area contributed by atoms with Gasteiger partial charge in [0.15, 0.2) is 0 Å². The fraction of sp³-hybridized carbons (Fsp3) is 0.929. The number of aliphatic hydroxyl groups is 1. The highest BCUT2D eigenvalue weighted by atomic mass is 16.3. The predicted molar refractivity (Wildman–Crippen MR) is 77.0 cm³/mol. The molecule has 1 amide bonds. The van der Waals surface area contributed by atoms with Gasteiger partial charge in [0.1, 0.15) is 0 Å². The number of hydrogen-bond donors (Lipinski definition) is 3. The van der Waals surface area contributed by atoms with Crippen molar-refractivity contribution in [2.24, 2.45) is 0 Å². The molecule has 5 heteroatoms. The zero-order valence-corrected chi connectivity index (χ0v) is 12.7. The zero-order chi connectivity index (χ0) is 14.5. The van der Waals surface area contributed by atoms with Gasteiger partial charge >= 0.3 is 0 Å². The molecule has 0 heterocycles. The summed E-state index contributed by atoms with van der Waals surface area (Å²) in [6.45, 7) is 4.60. The van der Waals surface area contributed by atoms with E-state index in [1.807, 2.05) is 25.9 Å². The summed E-state index contributed by atoms with van der Waals surface area (Å²) in [4.78, 5) is 13.9. The molecular formula is C14H29N3O2. The summed E-state index contributed by atoms with van der Waals surface area (Å²) in [6.07, 6.45) is 4.61. The van der Waals surface area contributed by atoms with Gasteiger partial charge in [0.05, 0.1) is 11.6 Å². The molecule has 3 N–H and O–H groups in total. The van der Waals surface area contributed by atoms with Crippen LogP contribution in [0.15, 0.2) is 0 Å². The molecule has 0 bridgehead atoms. The fourth-order valence-corrected chi connectivity index (χ4v) is 2.60. The van der Waals surface area contributed by atoms with Gasteiger partial charge in [-0.15, -0.1) is 0 Å².